The van der Waals surface area contributed by atoms with Gasteiger partial charge in [0.1, 0.15) is 13.2 Å². The second kappa shape index (κ2) is 2.84. The second-order valence-corrected chi connectivity index (χ2v) is 2.85. The van der Waals surface area contributed by atoms with Crippen LogP contribution in [-0.4, -0.2) is 49.2 Å². The number of nitrogens with zero attached hydrogens (tertiary/aromatic N) is 1. The summed E-state index contributed by atoms with van der Waals surface area (Å²) in [7, 11) is 0. The van der Waals surface area contributed by atoms with Gasteiger partial charge in [0.2, 0.25) is 0 Å². The number of imide groups is 1. The zero-order chi connectivity index (χ0) is 8.55. The Kier molecular flexibility index (Phi) is 1.82. The van der Waals surface area contributed by atoms with Crippen LogP contribution in [-0.2, 0) is 19.1 Å². The van der Waals surface area contributed by atoms with Gasteiger partial charge in [0.05, 0.1) is 19.3 Å². The lowest BCUT2D eigenvalue weighted by Gasteiger charge is -2.23. The third kappa shape index (κ3) is 1.46. The number of amides is 2. The summed E-state index contributed by atoms with van der Waals surface area (Å²) in [5.41, 5.74) is 0. The van der Waals surface area contributed by atoms with E-state index in [2.05, 4.69) is 0 Å². The Balaban J connectivity index is 1.97. The SMILES string of the molecule is O=C1COCC(=O)N1C[C@H]1CO1. The Labute approximate surface area is 69.2 Å². The fraction of sp³-hybridized carbons (Fsp3) is 0.714. The van der Waals surface area contributed by atoms with E-state index in [0.29, 0.717) is 13.2 Å². The summed E-state index contributed by atoms with van der Waals surface area (Å²) in [6, 6.07) is 0. The molecule has 2 rings (SSSR count). The van der Waals surface area contributed by atoms with Crippen LogP contribution in [0.1, 0.15) is 0 Å². The average molecular weight is 171 g/mol. The van der Waals surface area contributed by atoms with Gasteiger partial charge in [-0.3, -0.25) is 14.5 Å². The number of ether oxygens (including phenoxy) is 2. The lowest BCUT2D eigenvalue weighted by atomic mass is 10.3. The van der Waals surface area contributed by atoms with Gasteiger partial charge < -0.3 is 9.47 Å². The second-order valence-electron chi connectivity index (χ2n) is 2.85. The van der Waals surface area contributed by atoms with Crippen LogP contribution in [0.2, 0.25) is 0 Å². The highest BCUT2D eigenvalue weighted by molar-refractivity contribution is 5.98. The predicted octanol–water partition coefficient (Wildman–Crippen LogP) is -1.23. The lowest BCUT2D eigenvalue weighted by Crippen LogP contribution is -2.47. The highest BCUT2D eigenvalue weighted by atomic mass is 16.6. The van der Waals surface area contributed by atoms with Crippen LogP contribution in [0.5, 0.6) is 0 Å². The first-order valence-corrected chi connectivity index (χ1v) is 3.80. The largest absolute Gasteiger partial charge is 0.371 e. The smallest absolute Gasteiger partial charge is 0.255 e. The molecule has 12 heavy (non-hydrogen) atoms. The molecule has 0 aliphatic carbocycles. The zero-order valence-corrected chi connectivity index (χ0v) is 6.49. The fourth-order valence-corrected chi connectivity index (χ4v) is 1.10. The minimum Gasteiger partial charge on any atom is -0.371 e. The topological polar surface area (TPSA) is 59.1 Å². The Hall–Kier alpha value is -0.940. The van der Waals surface area contributed by atoms with Crippen molar-refractivity contribution in [1.82, 2.24) is 4.90 Å². The van der Waals surface area contributed by atoms with Crippen LogP contribution in [0, 0.1) is 0 Å². The zero-order valence-electron chi connectivity index (χ0n) is 6.49. The first-order chi connectivity index (χ1) is 5.77. The molecule has 66 valence electrons. The molecule has 2 saturated heterocycles. The van der Waals surface area contributed by atoms with E-state index in [4.69, 9.17) is 9.47 Å². The molecule has 2 aliphatic rings. The Morgan fingerprint density at radius 1 is 1.33 bits per heavy atom. The summed E-state index contributed by atoms with van der Waals surface area (Å²) in [6.45, 7) is 1.07. The minimum absolute atomic E-state index is 0.0124. The third-order valence-corrected chi connectivity index (χ3v) is 1.84. The molecule has 2 heterocycles. The van der Waals surface area contributed by atoms with E-state index in [-0.39, 0.29) is 31.1 Å². The van der Waals surface area contributed by atoms with Crippen molar-refractivity contribution in [3.8, 4) is 0 Å². The van der Waals surface area contributed by atoms with E-state index in [0.717, 1.165) is 0 Å². The highest BCUT2D eigenvalue weighted by Gasteiger charge is 2.33. The van der Waals surface area contributed by atoms with Crippen molar-refractivity contribution in [2.24, 2.45) is 0 Å². The maximum atomic E-state index is 11.1. The molecule has 0 unspecified atom stereocenters. The Morgan fingerprint density at radius 3 is 2.42 bits per heavy atom. The van der Waals surface area contributed by atoms with Crippen LogP contribution in [0.15, 0.2) is 0 Å². The third-order valence-electron chi connectivity index (χ3n) is 1.84. The molecule has 0 saturated carbocycles. The molecule has 2 fully saturated rings. The number of epoxide rings is 1. The summed E-state index contributed by atoms with van der Waals surface area (Å²) in [6.07, 6.45) is 0.0657. The van der Waals surface area contributed by atoms with E-state index in [1.165, 1.54) is 4.90 Å². The standard InChI is InChI=1S/C7H9NO4/c9-6-3-11-4-7(10)8(6)1-5-2-12-5/h5H,1-4H2/t5-/m0/s1. The van der Waals surface area contributed by atoms with Crippen molar-refractivity contribution in [1.29, 1.82) is 0 Å². The average Bonchev–Trinajstić information content (AvgIpc) is 2.80. The molecule has 0 aromatic heterocycles. The van der Waals surface area contributed by atoms with Gasteiger partial charge in [0.25, 0.3) is 11.8 Å². The van der Waals surface area contributed by atoms with Crippen molar-refractivity contribution in [3.05, 3.63) is 0 Å². The molecule has 0 N–H and O–H groups in total. The first kappa shape index (κ1) is 7.70. The van der Waals surface area contributed by atoms with Crippen LogP contribution in [0.4, 0.5) is 0 Å². The van der Waals surface area contributed by atoms with Crippen molar-refractivity contribution < 1.29 is 19.1 Å². The quantitative estimate of drug-likeness (QED) is 0.385. The molecule has 0 bridgehead atoms. The van der Waals surface area contributed by atoms with Gasteiger partial charge in [0, 0.05) is 0 Å². The number of carbonyl (C=O) groups excluding carboxylic acids is 2. The summed E-state index contributed by atoms with van der Waals surface area (Å²) in [5.74, 6) is -0.525. The van der Waals surface area contributed by atoms with Gasteiger partial charge in [0.15, 0.2) is 0 Å². The van der Waals surface area contributed by atoms with E-state index in [1.807, 2.05) is 0 Å². The first-order valence-electron chi connectivity index (χ1n) is 3.80. The van der Waals surface area contributed by atoms with Gasteiger partial charge in [-0.15, -0.1) is 0 Å². The number of hydrogen-bond acceptors (Lipinski definition) is 4. The van der Waals surface area contributed by atoms with Crippen LogP contribution >= 0.6 is 0 Å². The molecular formula is C7H9NO4. The van der Waals surface area contributed by atoms with E-state index in [9.17, 15) is 9.59 Å². The monoisotopic (exact) mass is 171 g/mol. The fourth-order valence-electron chi connectivity index (χ4n) is 1.10. The maximum Gasteiger partial charge on any atom is 0.255 e. The molecule has 2 amide bonds. The van der Waals surface area contributed by atoms with Crippen LogP contribution in [0.25, 0.3) is 0 Å². The van der Waals surface area contributed by atoms with Gasteiger partial charge >= 0.3 is 0 Å². The maximum absolute atomic E-state index is 11.1. The van der Waals surface area contributed by atoms with Crippen LogP contribution in [0.3, 0.4) is 0 Å². The molecule has 5 heteroatoms. The Bertz CT molecular complexity index is 207. The number of carbonyl (C=O) groups is 2. The normalized spacial score (nSPS) is 29.3. The van der Waals surface area contributed by atoms with Crippen molar-refractivity contribution in [2.45, 2.75) is 6.10 Å². The summed E-state index contributed by atoms with van der Waals surface area (Å²) in [4.78, 5) is 23.4. The van der Waals surface area contributed by atoms with Crippen molar-refractivity contribution in [3.63, 3.8) is 0 Å². The van der Waals surface area contributed by atoms with E-state index < -0.39 is 0 Å². The number of morpholine rings is 1. The van der Waals surface area contributed by atoms with Crippen molar-refractivity contribution in [2.75, 3.05) is 26.4 Å². The molecule has 0 aromatic rings. The minimum atomic E-state index is -0.262. The van der Waals surface area contributed by atoms with Gasteiger partial charge in [-0.2, -0.15) is 0 Å². The summed E-state index contributed by atoms with van der Waals surface area (Å²) >= 11 is 0. The molecular weight excluding hydrogens is 162 g/mol. The number of hydrogen-bond donors (Lipinski definition) is 0. The summed E-state index contributed by atoms with van der Waals surface area (Å²) in [5, 5.41) is 0. The Morgan fingerprint density at radius 2 is 1.92 bits per heavy atom. The molecule has 0 spiro atoms. The molecule has 0 radical (unpaired) electrons. The highest BCUT2D eigenvalue weighted by Crippen LogP contribution is 2.12. The van der Waals surface area contributed by atoms with Gasteiger partial charge in [-0.05, 0) is 0 Å². The predicted molar refractivity (Wildman–Crippen MR) is 37.3 cm³/mol. The molecule has 2 aliphatic heterocycles. The molecule has 0 aromatic carbocycles. The van der Waals surface area contributed by atoms with Crippen LogP contribution < -0.4 is 0 Å². The van der Waals surface area contributed by atoms with E-state index >= 15 is 0 Å². The van der Waals surface area contributed by atoms with E-state index in [1.54, 1.807) is 0 Å². The summed E-state index contributed by atoms with van der Waals surface area (Å²) < 4.78 is 9.67. The molecule has 5 nitrogen and oxygen atoms in total. The van der Waals surface area contributed by atoms with Gasteiger partial charge in [-0.1, -0.05) is 0 Å². The van der Waals surface area contributed by atoms with Gasteiger partial charge in [-0.25, -0.2) is 0 Å². The molecule has 1 atom stereocenters. The number of rotatable bonds is 2. The lowest BCUT2D eigenvalue weighted by molar-refractivity contribution is -0.158. The van der Waals surface area contributed by atoms with Crippen molar-refractivity contribution >= 4 is 11.8 Å².